The van der Waals surface area contributed by atoms with Gasteiger partial charge >= 0.3 is 0 Å². The predicted molar refractivity (Wildman–Crippen MR) is 105 cm³/mol. The summed E-state index contributed by atoms with van der Waals surface area (Å²) >= 11 is 5.80. The summed E-state index contributed by atoms with van der Waals surface area (Å²) in [6.45, 7) is 0.712. The SMILES string of the molecule is CN(Cc1ccccc1)c1ccc(NS(=O)(=O)c2ccc(Cl)cc2)cn1. The van der Waals surface area contributed by atoms with Crippen LogP contribution in [0.2, 0.25) is 5.02 Å². The number of benzene rings is 2. The highest BCUT2D eigenvalue weighted by Gasteiger charge is 2.14. The van der Waals surface area contributed by atoms with Crippen molar-refractivity contribution in [1.29, 1.82) is 0 Å². The Morgan fingerprint density at radius 3 is 2.31 bits per heavy atom. The van der Waals surface area contributed by atoms with Gasteiger partial charge in [-0.05, 0) is 42.0 Å². The molecular formula is C19H18ClN3O2S. The van der Waals surface area contributed by atoms with Gasteiger partial charge in [0.15, 0.2) is 0 Å². The standard InChI is InChI=1S/C19H18ClN3O2S/c1-23(14-15-5-3-2-4-6-15)19-12-9-17(13-21-19)22-26(24,25)18-10-7-16(20)8-11-18/h2-13,22H,14H2,1H3. The highest BCUT2D eigenvalue weighted by molar-refractivity contribution is 7.92. The maximum Gasteiger partial charge on any atom is 0.261 e. The molecule has 1 heterocycles. The minimum absolute atomic E-state index is 0.146. The van der Waals surface area contributed by atoms with Crippen LogP contribution in [0, 0.1) is 0 Å². The number of sulfonamides is 1. The molecule has 0 aliphatic carbocycles. The Morgan fingerprint density at radius 2 is 1.69 bits per heavy atom. The third-order valence-corrected chi connectivity index (χ3v) is 5.43. The molecule has 0 aliphatic rings. The molecule has 0 saturated carbocycles. The average Bonchev–Trinajstić information content (AvgIpc) is 2.63. The lowest BCUT2D eigenvalue weighted by Gasteiger charge is -2.18. The van der Waals surface area contributed by atoms with E-state index in [1.54, 1.807) is 12.1 Å². The highest BCUT2D eigenvalue weighted by Crippen LogP contribution is 2.20. The Balaban J connectivity index is 1.70. The number of rotatable bonds is 6. The molecule has 5 nitrogen and oxygen atoms in total. The van der Waals surface area contributed by atoms with Crippen molar-refractivity contribution in [3.63, 3.8) is 0 Å². The summed E-state index contributed by atoms with van der Waals surface area (Å²) in [5, 5.41) is 0.483. The molecule has 7 heteroatoms. The van der Waals surface area contributed by atoms with Crippen LogP contribution in [0.3, 0.4) is 0 Å². The van der Waals surface area contributed by atoms with Crippen molar-refractivity contribution in [3.05, 3.63) is 83.5 Å². The summed E-state index contributed by atoms with van der Waals surface area (Å²) in [5.74, 6) is 0.753. The summed E-state index contributed by atoms with van der Waals surface area (Å²) in [7, 11) is -1.74. The fourth-order valence-electron chi connectivity index (χ4n) is 2.44. The summed E-state index contributed by atoms with van der Waals surface area (Å²) in [5.41, 5.74) is 1.57. The van der Waals surface area contributed by atoms with Crippen LogP contribution in [-0.2, 0) is 16.6 Å². The largest absolute Gasteiger partial charge is 0.355 e. The van der Waals surface area contributed by atoms with Gasteiger partial charge in [0.1, 0.15) is 5.82 Å². The van der Waals surface area contributed by atoms with Gasteiger partial charge in [-0.3, -0.25) is 4.72 Å². The molecule has 26 heavy (non-hydrogen) atoms. The van der Waals surface area contributed by atoms with Crippen LogP contribution in [0.4, 0.5) is 11.5 Å². The smallest absolute Gasteiger partial charge is 0.261 e. The fourth-order valence-corrected chi connectivity index (χ4v) is 3.61. The van der Waals surface area contributed by atoms with Crippen LogP contribution in [0.15, 0.2) is 77.8 Å². The molecule has 0 fully saturated rings. The molecule has 0 amide bonds. The van der Waals surface area contributed by atoms with Crippen molar-refractivity contribution in [2.24, 2.45) is 0 Å². The van der Waals surface area contributed by atoms with Crippen molar-refractivity contribution in [3.8, 4) is 0 Å². The van der Waals surface area contributed by atoms with Crippen molar-refractivity contribution < 1.29 is 8.42 Å². The van der Waals surface area contributed by atoms with Crippen LogP contribution < -0.4 is 9.62 Å². The minimum Gasteiger partial charge on any atom is -0.355 e. The normalized spacial score (nSPS) is 11.2. The number of anilines is 2. The van der Waals surface area contributed by atoms with Gasteiger partial charge in [0.2, 0.25) is 0 Å². The molecule has 3 aromatic rings. The first-order valence-corrected chi connectivity index (χ1v) is 9.80. The molecule has 1 N–H and O–H groups in total. The third-order valence-electron chi connectivity index (χ3n) is 3.78. The monoisotopic (exact) mass is 387 g/mol. The lowest BCUT2D eigenvalue weighted by molar-refractivity contribution is 0.601. The van der Waals surface area contributed by atoms with Crippen LogP contribution in [-0.4, -0.2) is 20.4 Å². The number of nitrogens with one attached hydrogen (secondary N) is 1. The Morgan fingerprint density at radius 1 is 1.00 bits per heavy atom. The Bertz CT molecular complexity index is 960. The first-order chi connectivity index (χ1) is 12.4. The molecule has 0 aliphatic heterocycles. The summed E-state index contributed by atoms with van der Waals surface area (Å²) < 4.78 is 27.3. The number of halogens is 1. The molecule has 0 bridgehead atoms. The van der Waals surface area contributed by atoms with Crippen molar-refractivity contribution in [1.82, 2.24) is 4.98 Å². The van der Waals surface area contributed by atoms with Gasteiger partial charge < -0.3 is 4.90 Å². The predicted octanol–water partition coefficient (Wildman–Crippen LogP) is 4.17. The van der Waals surface area contributed by atoms with Gasteiger partial charge in [0.25, 0.3) is 10.0 Å². The van der Waals surface area contributed by atoms with Crippen molar-refractivity contribution >= 4 is 33.1 Å². The molecule has 0 unspecified atom stereocenters. The van der Waals surface area contributed by atoms with Gasteiger partial charge in [-0.25, -0.2) is 13.4 Å². The second-order valence-electron chi connectivity index (χ2n) is 5.81. The van der Waals surface area contributed by atoms with E-state index in [1.165, 1.54) is 36.0 Å². The maximum absolute atomic E-state index is 12.4. The summed E-state index contributed by atoms with van der Waals surface area (Å²) in [6.07, 6.45) is 1.50. The summed E-state index contributed by atoms with van der Waals surface area (Å²) in [4.78, 5) is 6.48. The molecular weight excluding hydrogens is 370 g/mol. The van der Waals surface area contributed by atoms with Crippen molar-refractivity contribution in [2.75, 3.05) is 16.7 Å². The number of aromatic nitrogens is 1. The van der Waals surface area contributed by atoms with Gasteiger partial charge in [-0.2, -0.15) is 0 Å². The molecule has 0 spiro atoms. The zero-order chi connectivity index (χ0) is 18.6. The van der Waals surface area contributed by atoms with E-state index in [0.717, 1.165) is 5.82 Å². The quantitative estimate of drug-likeness (QED) is 0.689. The van der Waals surface area contributed by atoms with Gasteiger partial charge in [0.05, 0.1) is 16.8 Å². The van der Waals surface area contributed by atoms with E-state index in [-0.39, 0.29) is 4.90 Å². The zero-order valence-electron chi connectivity index (χ0n) is 14.1. The fraction of sp³-hybridized carbons (Fsp3) is 0.105. The molecule has 3 rings (SSSR count). The molecule has 0 radical (unpaired) electrons. The van der Waals surface area contributed by atoms with Crippen LogP contribution in [0.25, 0.3) is 0 Å². The Labute approximate surface area is 158 Å². The molecule has 0 atom stereocenters. The molecule has 134 valence electrons. The van der Waals surface area contributed by atoms with E-state index < -0.39 is 10.0 Å². The molecule has 0 saturated heterocycles. The van der Waals surface area contributed by atoms with E-state index in [0.29, 0.717) is 17.3 Å². The van der Waals surface area contributed by atoms with Gasteiger partial charge in [-0.15, -0.1) is 0 Å². The van der Waals surface area contributed by atoms with Crippen LogP contribution >= 0.6 is 11.6 Å². The van der Waals surface area contributed by atoms with Gasteiger partial charge in [-0.1, -0.05) is 41.9 Å². The van der Waals surface area contributed by atoms with Gasteiger partial charge in [0, 0.05) is 18.6 Å². The number of pyridine rings is 1. The van der Waals surface area contributed by atoms with E-state index >= 15 is 0 Å². The second kappa shape index (κ2) is 7.76. The Kier molecular flexibility index (Phi) is 5.44. The summed E-state index contributed by atoms with van der Waals surface area (Å²) in [6, 6.07) is 19.5. The second-order valence-corrected chi connectivity index (χ2v) is 7.92. The number of nitrogens with zero attached hydrogens (tertiary/aromatic N) is 2. The number of hydrogen-bond donors (Lipinski definition) is 1. The maximum atomic E-state index is 12.4. The molecule has 1 aromatic heterocycles. The van der Waals surface area contributed by atoms with E-state index in [2.05, 4.69) is 9.71 Å². The average molecular weight is 388 g/mol. The first-order valence-electron chi connectivity index (χ1n) is 7.93. The highest BCUT2D eigenvalue weighted by atomic mass is 35.5. The Hall–Kier alpha value is -2.57. The third kappa shape index (κ3) is 4.53. The first kappa shape index (κ1) is 18.2. The van der Waals surface area contributed by atoms with Crippen LogP contribution in [0.5, 0.6) is 0 Å². The van der Waals surface area contributed by atoms with E-state index in [9.17, 15) is 8.42 Å². The van der Waals surface area contributed by atoms with Crippen molar-refractivity contribution in [2.45, 2.75) is 11.4 Å². The topological polar surface area (TPSA) is 62.3 Å². The lowest BCUT2D eigenvalue weighted by atomic mass is 10.2. The minimum atomic E-state index is -3.67. The van der Waals surface area contributed by atoms with E-state index in [1.807, 2.05) is 42.3 Å². The van der Waals surface area contributed by atoms with E-state index in [4.69, 9.17) is 11.6 Å². The lowest BCUT2D eigenvalue weighted by Crippen LogP contribution is -2.18. The van der Waals surface area contributed by atoms with Crippen LogP contribution in [0.1, 0.15) is 5.56 Å². The number of hydrogen-bond acceptors (Lipinski definition) is 4. The zero-order valence-corrected chi connectivity index (χ0v) is 15.7. The molecule has 2 aromatic carbocycles.